The highest BCUT2D eigenvalue weighted by molar-refractivity contribution is 5.97. The largest absolute Gasteiger partial charge is 0.481 e. The van der Waals surface area contributed by atoms with E-state index < -0.39 is 5.97 Å². The summed E-state index contributed by atoms with van der Waals surface area (Å²) >= 11 is 0. The molecule has 1 amide bonds. The zero-order valence-electron chi connectivity index (χ0n) is 11.3. The Morgan fingerprint density at radius 1 is 0.950 bits per heavy atom. The van der Waals surface area contributed by atoms with E-state index in [-0.39, 0.29) is 31.0 Å². The first-order valence-corrected chi connectivity index (χ1v) is 6.66. The second-order valence-corrected chi connectivity index (χ2v) is 4.49. The number of ketones is 1. The molecule has 5 heteroatoms. The van der Waals surface area contributed by atoms with Crippen molar-refractivity contribution in [3.8, 4) is 0 Å². The van der Waals surface area contributed by atoms with Crippen LogP contribution in [0, 0.1) is 0 Å². The fourth-order valence-corrected chi connectivity index (χ4v) is 1.71. The zero-order valence-corrected chi connectivity index (χ0v) is 11.3. The first-order chi connectivity index (χ1) is 9.59. The third-order valence-electron chi connectivity index (χ3n) is 2.81. The molecule has 0 aliphatic rings. The van der Waals surface area contributed by atoms with Crippen LogP contribution >= 0.6 is 0 Å². The smallest absolute Gasteiger partial charge is 0.303 e. The van der Waals surface area contributed by atoms with Gasteiger partial charge < -0.3 is 10.4 Å². The molecule has 108 valence electrons. The first kappa shape index (κ1) is 15.9. The van der Waals surface area contributed by atoms with Crippen molar-refractivity contribution in [1.29, 1.82) is 0 Å². The summed E-state index contributed by atoms with van der Waals surface area (Å²) in [4.78, 5) is 33.5. The topological polar surface area (TPSA) is 83.5 Å². The lowest BCUT2D eigenvalue weighted by atomic mass is 10.1. The summed E-state index contributed by atoms with van der Waals surface area (Å²) < 4.78 is 0. The van der Waals surface area contributed by atoms with Gasteiger partial charge in [-0.2, -0.15) is 0 Å². The van der Waals surface area contributed by atoms with Gasteiger partial charge in [0.25, 0.3) is 0 Å². The van der Waals surface area contributed by atoms with Crippen LogP contribution in [0.15, 0.2) is 30.3 Å². The van der Waals surface area contributed by atoms with Crippen LogP contribution in [0.4, 0.5) is 0 Å². The lowest BCUT2D eigenvalue weighted by Gasteiger charge is -2.04. The number of rotatable bonds is 9. The fraction of sp³-hybridized carbons (Fsp3) is 0.400. The number of carboxylic acid groups (broad SMARTS) is 1. The normalized spacial score (nSPS) is 10.0. The van der Waals surface area contributed by atoms with E-state index in [1.54, 1.807) is 24.3 Å². The van der Waals surface area contributed by atoms with Crippen LogP contribution in [-0.4, -0.2) is 29.3 Å². The monoisotopic (exact) mass is 277 g/mol. The second-order valence-electron chi connectivity index (χ2n) is 4.49. The number of Topliss-reactive ketones (excluding diaryl/α,β-unsaturated/α-hetero) is 1. The molecule has 0 radical (unpaired) electrons. The summed E-state index contributed by atoms with van der Waals surface area (Å²) in [6.45, 7) is 0.450. The summed E-state index contributed by atoms with van der Waals surface area (Å²) in [6, 6.07) is 8.87. The SMILES string of the molecule is O=C(O)CCCCNC(=O)CCC(=O)c1ccccc1. The van der Waals surface area contributed by atoms with Gasteiger partial charge in [-0.1, -0.05) is 30.3 Å². The van der Waals surface area contributed by atoms with Crippen molar-refractivity contribution in [1.82, 2.24) is 5.32 Å². The lowest BCUT2D eigenvalue weighted by molar-refractivity contribution is -0.137. The number of aliphatic carboxylic acids is 1. The van der Waals surface area contributed by atoms with Crippen molar-refractivity contribution < 1.29 is 19.5 Å². The molecule has 0 aliphatic heterocycles. The van der Waals surface area contributed by atoms with Crippen molar-refractivity contribution in [2.24, 2.45) is 0 Å². The third kappa shape index (κ3) is 6.68. The molecule has 0 heterocycles. The van der Waals surface area contributed by atoms with Crippen LogP contribution < -0.4 is 5.32 Å². The van der Waals surface area contributed by atoms with Gasteiger partial charge in [-0.25, -0.2) is 0 Å². The molecule has 0 atom stereocenters. The first-order valence-electron chi connectivity index (χ1n) is 6.66. The minimum atomic E-state index is -0.829. The van der Waals surface area contributed by atoms with E-state index in [1.807, 2.05) is 6.07 Å². The second kappa shape index (κ2) is 8.85. The molecule has 0 bridgehead atoms. The number of unbranched alkanes of at least 4 members (excludes halogenated alkanes) is 1. The Hall–Kier alpha value is -2.17. The number of carboxylic acids is 1. The minimum Gasteiger partial charge on any atom is -0.481 e. The molecule has 0 saturated carbocycles. The Balaban J connectivity index is 2.14. The van der Waals surface area contributed by atoms with Crippen molar-refractivity contribution in [3.63, 3.8) is 0 Å². The molecule has 2 N–H and O–H groups in total. The van der Waals surface area contributed by atoms with Gasteiger partial charge in [-0.05, 0) is 12.8 Å². The Labute approximate surface area is 118 Å². The van der Waals surface area contributed by atoms with Gasteiger partial charge in [0, 0.05) is 31.4 Å². The molecular weight excluding hydrogens is 258 g/mol. The number of hydrogen-bond acceptors (Lipinski definition) is 3. The Bertz CT molecular complexity index is 456. The van der Waals surface area contributed by atoms with Crippen LogP contribution in [-0.2, 0) is 9.59 Å². The quantitative estimate of drug-likeness (QED) is 0.534. The van der Waals surface area contributed by atoms with Crippen LogP contribution in [0.1, 0.15) is 42.5 Å². The molecule has 0 fully saturated rings. The highest BCUT2D eigenvalue weighted by Gasteiger charge is 2.08. The molecule has 0 saturated heterocycles. The molecule has 20 heavy (non-hydrogen) atoms. The molecule has 1 aromatic carbocycles. The third-order valence-corrected chi connectivity index (χ3v) is 2.81. The molecule has 0 aromatic heterocycles. The van der Waals surface area contributed by atoms with E-state index in [4.69, 9.17) is 5.11 Å². The molecular formula is C15H19NO4. The standard InChI is InChI=1S/C15H19NO4/c17-13(12-6-2-1-3-7-12)9-10-14(18)16-11-5-4-8-15(19)20/h1-3,6-7H,4-5,8-11H2,(H,16,18)(H,19,20). The van der Waals surface area contributed by atoms with Gasteiger partial charge in [-0.3, -0.25) is 14.4 Å². The van der Waals surface area contributed by atoms with Crippen molar-refractivity contribution in [3.05, 3.63) is 35.9 Å². The molecule has 0 spiro atoms. The van der Waals surface area contributed by atoms with Crippen molar-refractivity contribution >= 4 is 17.7 Å². The number of amides is 1. The van der Waals surface area contributed by atoms with E-state index in [0.29, 0.717) is 24.9 Å². The molecule has 0 aliphatic carbocycles. The number of carbonyl (C=O) groups excluding carboxylic acids is 2. The maximum atomic E-state index is 11.8. The lowest BCUT2D eigenvalue weighted by Crippen LogP contribution is -2.24. The van der Waals surface area contributed by atoms with E-state index >= 15 is 0 Å². The van der Waals surface area contributed by atoms with E-state index in [0.717, 1.165) is 0 Å². The van der Waals surface area contributed by atoms with E-state index in [9.17, 15) is 14.4 Å². The molecule has 5 nitrogen and oxygen atoms in total. The average molecular weight is 277 g/mol. The predicted octanol–water partition coefficient (Wildman–Crippen LogP) is 2.02. The van der Waals surface area contributed by atoms with E-state index in [1.165, 1.54) is 0 Å². The van der Waals surface area contributed by atoms with Gasteiger partial charge in [-0.15, -0.1) is 0 Å². The van der Waals surface area contributed by atoms with E-state index in [2.05, 4.69) is 5.32 Å². The fourth-order valence-electron chi connectivity index (χ4n) is 1.71. The Morgan fingerprint density at radius 2 is 1.65 bits per heavy atom. The minimum absolute atomic E-state index is 0.0494. The van der Waals surface area contributed by atoms with Crippen LogP contribution in [0.25, 0.3) is 0 Å². The highest BCUT2D eigenvalue weighted by Crippen LogP contribution is 2.05. The molecule has 1 aromatic rings. The molecule has 1 rings (SSSR count). The van der Waals surface area contributed by atoms with Gasteiger partial charge in [0.05, 0.1) is 0 Å². The summed E-state index contributed by atoms with van der Waals surface area (Å²) in [6.07, 6.45) is 1.63. The number of hydrogen-bond donors (Lipinski definition) is 2. The van der Waals surface area contributed by atoms with Crippen LogP contribution in [0.5, 0.6) is 0 Å². The van der Waals surface area contributed by atoms with Crippen LogP contribution in [0.2, 0.25) is 0 Å². The number of benzene rings is 1. The predicted molar refractivity (Wildman–Crippen MR) is 74.5 cm³/mol. The number of carbonyl (C=O) groups is 3. The Morgan fingerprint density at radius 3 is 2.30 bits per heavy atom. The summed E-state index contributed by atoms with van der Waals surface area (Å²) in [5.74, 6) is -1.05. The zero-order chi connectivity index (χ0) is 14.8. The number of nitrogens with one attached hydrogen (secondary N) is 1. The average Bonchev–Trinajstić information content (AvgIpc) is 2.45. The van der Waals surface area contributed by atoms with Gasteiger partial charge >= 0.3 is 5.97 Å². The maximum Gasteiger partial charge on any atom is 0.303 e. The summed E-state index contributed by atoms with van der Waals surface area (Å²) in [7, 11) is 0. The van der Waals surface area contributed by atoms with Crippen LogP contribution in [0.3, 0.4) is 0 Å². The summed E-state index contributed by atoms with van der Waals surface area (Å²) in [5.41, 5.74) is 0.613. The van der Waals surface area contributed by atoms with Gasteiger partial charge in [0.2, 0.25) is 5.91 Å². The van der Waals surface area contributed by atoms with Gasteiger partial charge in [0.1, 0.15) is 0 Å². The highest BCUT2D eigenvalue weighted by atomic mass is 16.4. The van der Waals surface area contributed by atoms with Crippen molar-refractivity contribution in [2.75, 3.05) is 6.54 Å². The van der Waals surface area contributed by atoms with Gasteiger partial charge in [0.15, 0.2) is 5.78 Å². The summed E-state index contributed by atoms with van der Waals surface area (Å²) in [5, 5.41) is 11.1. The Kier molecular flexibility index (Phi) is 7.03. The maximum absolute atomic E-state index is 11.8. The molecule has 0 unspecified atom stereocenters. The van der Waals surface area contributed by atoms with Crippen molar-refractivity contribution in [2.45, 2.75) is 32.1 Å².